The average molecular weight is 353 g/mol. The molecule has 1 aromatic carbocycles. The molecule has 1 radical (unpaired) electrons. The van der Waals surface area contributed by atoms with Gasteiger partial charge in [0.1, 0.15) is 5.75 Å². The van der Waals surface area contributed by atoms with Crippen LogP contribution in [-0.4, -0.2) is 12.9 Å². The van der Waals surface area contributed by atoms with Crippen molar-refractivity contribution in [3.8, 4) is 5.75 Å². The molecule has 0 N–H and O–H groups in total. The third-order valence-corrected chi connectivity index (χ3v) is 3.40. The Labute approximate surface area is 149 Å². The monoisotopic (exact) mass is 353 g/mol. The Morgan fingerprint density at radius 1 is 0.900 bits per heavy atom. The second kappa shape index (κ2) is 9.92. The first-order chi connectivity index (χ1) is 8.95. The van der Waals surface area contributed by atoms with Crippen LogP contribution in [0.4, 0.5) is 0 Å². The fraction of sp³-hybridized carbons (Fsp3) is 0.647. The Kier molecular flexibility index (Phi) is 9.96. The summed E-state index contributed by atoms with van der Waals surface area (Å²) in [5, 5.41) is 0. The first-order valence-corrected chi connectivity index (χ1v) is 7.33. The van der Waals surface area contributed by atoms with Crippen molar-refractivity contribution in [1.29, 1.82) is 0 Å². The van der Waals surface area contributed by atoms with Crippen molar-refractivity contribution in [3.63, 3.8) is 0 Å². The van der Waals surface area contributed by atoms with Gasteiger partial charge in [-0.25, -0.2) is 0 Å². The van der Waals surface area contributed by atoms with Gasteiger partial charge in [0.2, 0.25) is 0 Å². The average Bonchev–Trinajstić information content (AvgIpc) is 2.31. The first-order valence-electron chi connectivity index (χ1n) is 7.33. The Morgan fingerprint density at radius 2 is 1.40 bits per heavy atom. The Hall–Kier alpha value is 0.0839. The van der Waals surface area contributed by atoms with Crippen molar-refractivity contribution in [2.45, 2.75) is 53.8 Å². The van der Waals surface area contributed by atoms with Gasteiger partial charge in [0.25, 0.3) is 0 Å². The van der Waals surface area contributed by atoms with Crippen LogP contribution in [0.15, 0.2) is 24.3 Å². The molecule has 0 aliphatic carbocycles. The van der Waals surface area contributed by atoms with Crippen molar-refractivity contribution in [2.75, 3.05) is 6.61 Å². The minimum atomic E-state index is -0.193. The zero-order valence-corrected chi connectivity index (χ0v) is 16.6. The molecule has 0 saturated carbocycles. The molecule has 3 heteroatoms. The van der Waals surface area contributed by atoms with Crippen LogP contribution in [0.2, 0.25) is 0 Å². The van der Waals surface area contributed by atoms with Crippen molar-refractivity contribution >= 4 is 0 Å². The second-order valence-electron chi connectivity index (χ2n) is 5.72. The van der Waals surface area contributed by atoms with Gasteiger partial charge < -0.3 is 9.47 Å². The van der Waals surface area contributed by atoms with Gasteiger partial charge in [-0.2, -0.15) is 0 Å². The fourth-order valence-electron chi connectivity index (χ4n) is 2.77. The summed E-state index contributed by atoms with van der Waals surface area (Å²) >= 11 is 0. The molecule has 0 fully saturated rings. The van der Waals surface area contributed by atoms with Crippen molar-refractivity contribution in [3.05, 3.63) is 29.8 Å². The summed E-state index contributed by atoms with van der Waals surface area (Å²) in [4.78, 5) is 0. The van der Waals surface area contributed by atoms with Gasteiger partial charge in [0.15, 0.2) is 6.29 Å². The molecular weight excluding hydrogens is 325 g/mol. The van der Waals surface area contributed by atoms with Crippen molar-refractivity contribution in [2.24, 2.45) is 11.8 Å². The summed E-state index contributed by atoms with van der Waals surface area (Å²) in [7, 11) is 0. The third kappa shape index (κ3) is 6.24. The second-order valence-corrected chi connectivity index (χ2v) is 5.72. The van der Waals surface area contributed by atoms with E-state index >= 15 is 0 Å². The van der Waals surface area contributed by atoms with Crippen LogP contribution in [0.3, 0.4) is 0 Å². The summed E-state index contributed by atoms with van der Waals surface area (Å²) in [6.07, 6.45) is -0.193. The maximum absolute atomic E-state index is 5.69. The van der Waals surface area contributed by atoms with E-state index in [1.54, 1.807) is 0 Å². The molecule has 0 bridgehead atoms. The molecule has 0 saturated heterocycles. The van der Waals surface area contributed by atoms with E-state index in [-0.39, 0.29) is 39.0 Å². The topological polar surface area (TPSA) is 18.5 Å². The smallest absolute Gasteiger partial charge is 0.196 e. The molecule has 0 heterocycles. The predicted octanol–water partition coefficient (Wildman–Crippen LogP) is 4.84. The van der Waals surface area contributed by atoms with E-state index in [1.165, 1.54) is 5.56 Å². The number of benzene rings is 1. The summed E-state index contributed by atoms with van der Waals surface area (Å²) in [6, 6.07) is 8.45. The van der Waals surface area contributed by atoms with E-state index in [2.05, 4.69) is 39.8 Å². The molecule has 111 valence electrons. The summed E-state index contributed by atoms with van der Waals surface area (Å²) in [6.45, 7) is 13.7. The van der Waals surface area contributed by atoms with Gasteiger partial charge in [-0.3, -0.25) is 0 Å². The maximum atomic E-state index is 5.69. The number of ether oxygens (including phenoxy) is 2. The van der Waals surface area contributed by atoms with E-state index < -0.39 is 0 Å². The Morgan fingerprint density at radius 3 is 1.80 bits per heavy atom. The van der Waals surface area contributed by atoms with E-state index in [0.29, 0.717) is 24.4 Å². The Bertz CT molecular complexity index is 352. The van der Waals surface area contributed by atoms with E-state index in [1.807, 2.05) is 26.0 Å². The van der Waals surface area contributed by atoms with Gasteiger partial charge in [0.05, 0.1) is 0 Å². The van der Waals surface area contributed by atoms with E-state index in [9.17, 15) is 0 Å². The molecule has 0 amide bonds. The molecule has 1 aromatic rings. The predicted molar refractivity (Wildman–Crippen MR) is 80.6 cm³/mol. The standard InChI is InChI=1S/C17H28O2.Y/c1-7-18-14(6)19-16-10-8-15(9-11-16)17(12(2)3)13(4)5;/h8-14,17H,7H2,1-6H3;. The van der Waals surface area contributed by atoms with Gasteiger partial charge in [0, 0.05) is 39.3 Å². The van der Waals surface area contributed by atoms with Crippen LogP contribution in [0, 0.1) is 11.8 Å². The number of hydrogen-bond donors (Lipinski definition) is 0. The summed E-state index contributed by atoms with van der Waals surface area (Å²) in [5.74, 6) is 2.76. The van der Waals surface area contributed by atoms with Crippen LogP contribution in [0.1, 0.15) is 53.0 Å². The molecule has 0 aliphatic rings. The molecule has 0 aromatic heterocycles. The summed E-state index contributed by atoms with van der Waals surface area (Å²) < 4.78 is 11.1. The van der Waals surface area contributed by atoms with Crippen molar-refractivity contribution < 1.29 is 42.2 Å². The molecule has 0 aliphatic heterocycles. The third-order valence-electron chi connectivity index (χ3n) is 3.40. The molecular formula is C17H28O2Y. The molecule has 0 spiro atoms. The largest absolute Gasteiger partial charge is 0.465 e. The van der Waals surface area contributed by atoms with Crippen LogP contribution in [0.25, 0.3) is 0 Å². The number of hydrogen-bond acceptors (Lipinski definition) is 2. The van der Waals surface area contributed by atoms with Gasteiger partial charge in [-0.1, -0.05) is 39.8 Å². The zero-order chi connectivity index (χ0) is 14.4. The van der Waals surface area contributed by atoms with Crippen molar-refractivity contribution in [1.82, 2.24) is 0 Å². The fourth-order valence-corrected chi connectivity index (χ4v) is 2.77. The van der Waals surface area contributed by atoms with Crippen LogP contribution in [0.5, 0.6) is 5.75 Å². The quantitative estimate of drug-likeness (QED) is 0.653. The van der Waals surface area contributed by atoms with Gasteiger partial charge in [-0.15, -0.1) is 0 Å². The minimum absolute atomic E-state index is 0. The SMILES string of the molecule is CCOC(C)Oc1ccc(C(C(C)C)C(C)C)cc1.[Y]. The molecule has 20 heavy (non-hydrogen) atoms. The minimum Gasteiger partial charge on any atom is -0.465 e. The van der Waals surface area contributed by atoms with E-state index in [0.717, 1.165) is 5.75 Å². The van der Waals surface area contributed by atoms with Gasteiger partial charge >= 0.3 is 0 Å². The van der Waals surface area contributed by atoms with Gasteiger partial charge in [-0.05, 0) is 49.3 Å². The first kappa shape index (κ1) is 20.1. The van der Waals surface area contributed by atoms with Crippen LogP contribution in [-0.2, 0) is 37.4 Å². The van der Waals surface area contributed by atoms with Crippen LogP contribution < -0.4 is 4.74 Å². The zero-order valence-electron chi connectivity index (χ0n) is 13.7. The normalized spacial score (nSPS) is 12.7. The molecule has 1 atom stereocenters. The Balaban J connectivity index is 0.00000361. The molecule has 2 nitrogen and oxygen atoms in total. The van der Waals surface area contributed by atoms with E-state index in [4.69, 9.17) is 9.47 Å². The van der Waals surface area contributed by atoms with Crippen LogP contribution >= 0.6 is 0 Å². The molecule has 1 rings (SSSR count). The summed E-state index contributed by atoms with van der Waals surface area (Å²) in [5.41, 5.74) is 1.39. The number of rotatable bonds is 7. The molecule has 1 unspecified atom stereocenters. The maximum Gasteiger partial charge on any atom is 0.196 e.